The molecule has 1 aliphatic heterocycles. The molecular weight excluding hydrogens is 224 g/mol. The van der Waals surface area contributed by atoms with Gasteiger partial charge in [0.1, 0.15) is 0 Å². The molecule has 0 bridgehead atoms. The van der Waals surface area contributed by atoms with Crippen LogP contribution in [0.25, 0.3) is 0 Å². The van der Waals surface area contributed by atoms with Crippen LogP contribution in [-0.2, 0) is 9.53 Å². The molecule has 0 aromatic rings. The summed E-state index contributed by atoms with van der Waals surface area (Å²) in [5.41, 5.74) is 0. The van der Waals surface area contributed by atoms with Gasteiger partial charge in [-0.15, -0.1) is 11.8 Å². The third kappa shape index (κ3) is 5.18. The molecule has 16 heavy (non-hydrogen) atoms. The van der Waals surface area contributed by atoms with Gasteiger partial charge in [0.05, 0.1) is 5.25 Å². The number of nitrogens with one attached hydrogen (secondary N) is 2. The van der Waals surface area contributed by atoms with E-state index in [-0.39, 0.29) is 11.2 Å². The van der Waals surface area contributed by atoms with Crippen LogP contribution in [0, 0.1) is 5.92 Å². The molecule has 0 spiro atoms. The molecule has 1 amide bonds. The summed E-state index contributed by atoms with van der Waals surface area (Å²) in [7, 11) is 1.67. The Labute approximate surface area is 102 Å². The van der Waals surface area contributed by atoms with Crippen LogP contribution in [0.2, 0.25) is 0 Å². The van der Waals surface area contributed by atoms with Crippen molar-refractivity contribution in [2.24, 2.45) is 5.92 Å². The molecule has 94 valence electrons. The molecule has 0 aromatic carbocycles. The summed E-state index contributed by atoms with van der Waals surface area (Å²) in [5.74, 6) is 1.99. The van der Waals surface area contributed by atoms with Gasteiger partial charge in [-0.2, -0.15) is 0 Å². The fraction of sp³-hybridized carbons (Fsp3) is 0.909. The lowest BCUT2D eigenvalue weighted by molar-refractivity contribution is -0.120. The Morgan fingerprint density at radius 2 is 2.38 bits per heavy atom. The second-order valence-corrected chi connectivity index (χ2v) is 5.51. The fourth-order valence-corrected chi connectivity index (χ4v) is 2.43. The Hall–Kier alpha value is -0.260. The van der Waals surface area contributed by atoms with Crippen LogP contribution >= 0.6 is 11.8 Å². The summed E-state index contributed by atoms with van der Waals surface area (Å²) >= 11 is 1.75. The van der Waals surface area contributed by atoms with E-state index in [1.165, 1.54) is 0 Å². The molecule has 0 saturated carbocycles. The highest BCUT2D eigenvalue weighted by molar-refractivity contribution is 8.00. The SMILES string of the molecule is COCCCNC(=O)C(C)SCC1CNC1. The van der Waals surface area contributed by atoms with E-state index in [1.807, 2.05) is 6.92 Å². The number of amides is 1. The number of carbonyl (C=O) groups is 1. The van der Waals surface area contributed by atoms with Gasteiger partial charge in [-0.25, -0.2) is 0 Å². The van der Waals surface area contributed by atoms with Crippen molar-refractivity contribution in [1.29, 1.82) is 0 Å². The lowest BCUT2D eigenvalue weighted by atomic mass is 10.1. The highest BCUT2D eigenvalue weighted by atomic mass is 32.2. The molecule has 0 aromatic heterocycles. The van der Waals surface area contributed by atoms with Crippen molar-refractivity contribution in [1.82, 2.24) is 10.6 Å². The zero-order chi connectivity index (χ0) is 11.8. The maximum absolute atomic E-state index is 11.6. The number of ether oxygens (including phenoxy) is 1. The molecule has 1 fully saturated rings. The molecule has 1 aliphatic rings. The topological polar surface area (TPSA) is 50.4 Å². The Morgan fingerprint density at radius 3 is 2.94 bits per heavy atom. The zero-order valence-corrected chi connectivity index (χ0v) is 10.9. The van der Waals surface area contributed by atoms with Crippen LogP contribution in [0.5, 0.6) is 0 Å². The molecule has 2 N–H and O–H groups in total. The van der Waals surface area contributed by atoms with E-state index >= 15 is 0 Å². The summed E-state index contributed by atoms with van der Waals surface area (Å²) in [4.78, 5) is 11.6. The minimum atomic E-state index is 0.0585. The first-order valence-electron chi connectivity index (χ1n) is 5.83. The highest BCUT2D eigenvalue weighted by Crippen LogP contribution is 2.17. The number of rotatable bonds is 8. The van der Waals surface area contributed by atoms with Crippen LogP contribution in [0.1, 0.15) is 13.3 Å². The summed E-state index contributed by atoms with van der Waals surface area (Å²) in [5, 5.41) is 6.21. The molecule has 1 atom stereocenters. The quantitative estimate of drug-likeness (QED) is 0.612. The Balaban J connectivity index is 2.00. The van der Waals surface area contributed by atoms with Crippen LogP contribution < -0.4 is 10.6 Å². The Kier molecular flexibility index (Phi) is 6.84. The first kappa shape index (κ1) is 13.8. The largest absolute Gasteiger partial charge is 0.385 e. The Bertz CT molecular complexity index is 210. The molecule has 0 aliphatic carbocycles. The smallest absolute Gasteiger partial charge is 0.232 e. The van der Waals surface area contributed by atoms with Crippen molar-refractivity contribution in [2.75, 3.05) is 39.1 Å². The van der Waals surface area contributed by atoms with Crippen molar-refractivity contribution in [3.05, 3.63) is 0 Å². The third-order valence-electron chi connectivity index (χ3n) is 2.64. The van der Waals surface area contributed by atoms with E-state index in [0.29, 0.717) is 13.2 Å². The maximum atomic E-state index is 11.6. The number of thioether (sulfide) groups is 1. The van der Waals surface area contributed by atoms with Gasteiger partial charge in [-0.3, -0.25) is 4.79 Å². The van der Waals surface area contributed by atoms with Gasteiger partial charge in [0.2, 0.25) is 5.91 Å². The molecule has 4 nitrogen and oxygen atoms in total. The van der Waals surface area contributed by atoms with Gasteiger partial charge < -0.3 is 15.4 Å². The van der Waals surface area contributed by atoms with Crippen LogP contribution in [0.15, 0.2) is 0 Å². The van der Waals surface area contributed by atoms with Gasteiger partial charge in [0, 0.05) is 20.3 Å². The van der Waals surface area contributed by atoms with Gasteiger partial charge in [-0.05, 0) is 38.1 Å². The molecule has 1 rings (SSSR count). The van der Waals surface area contributed by atoms with E-state index in [9.17, 15) is 4.79 Å². The first-order chi connectivity index (χ1) is 7.74. The van der Waals surface area contributed by atoms with Crippen molar-refractivity contribution < 1.29 is 9.53 Å². The summed E-state index contributed by atoms with van der Waals surface area (Å²) in [6.07, 6.45) is 0.881. The number of carbonyl (C=O) groups excluding carboxylic acids is 1. The van der Waals surface area contributed by atoms with Crippen LogP contribution in [-0.4, -0.2) is 50.3 Å². The fourth-order valence-electron chi connectivity index (χ4n) is 1.39. The summed E-state index contributed by atoms with van der Waals surface area (Å²) in [6, 6.07) is 0. The summed E-state index contributed by atoms with van der Waals surface area (Å²) < 4.78 is 4.92. The van der Waals surface area contributed by atoms with E-state index < -0.39 is 0 Å². The lowest BCUT2D eigenvalue weighted by Crippen LogP contribution is -2.44. The Morgan fingerprint density at radius 1 is 1.62 bits per heavy atom. The van der Waals surface area contributed by atoms with Crippen molar-refractivity contribution in [3.8, 4) is 0 Å². The average molecular weight is 246 g/mol. The predicted octanol–water partition coefficient (Wildman–Crippen LogP) is 0.480. The standard InChI is InChI=1S/C11H22N2O2S/c1-9(16-8-10-6-12-7-10)11(14)13-4-3-5-15-2/h9-10,12H,3-8H2,1-2H3,(H,13,14). The van der Waals surface area contributed by atoms with E-state index in [0.717, 1.165) is 31.2 Å². The molecule has 1 saturated heterocycles. The van der Waals surface area contributed by atoms with Crippen LogP contribution in [0.3, 0.4) is 0 Å². The van der Waals surface area contributed by atoms with E-state index in [2.05, 4.69) is 10.6 Å². The number of hydrogen-bond acceptors (Lipinski definition) is 4. The molecule has 5 heteroatoms. The van der Waals surface area contributed by atoms with E-state index in [4.69, 9.17) is 4.74 Å². The highest BCUT2D eigenvalue weighted by Gasteiger charge is 2.20. The lowest BCUT2D eigenvalue weighted by Gasteiger charge is -2.27. The number of methoxy groups -OCH3 is 1. The van der Waals surface area contributed by atoms with Gasteiger partial charge >= 0.3 is 0 Å². The third-order valence-corrected chi connectivity index (χ3v) is 4.02. The second kappa shape index (κ2) is 7.92. The van der Waals surface area contributed by atoms with Gasteiger partial charge in [0.15, 0.2) is 0 Å². The van der Waals surface area contributed by atoms with Crippen molar-refractivity contribution in [2.45, 2.75) is 18.6 Å². The number of hydrogen-bond donors (Lipinski definition) is 2. The average Bonchev–Trinajstić information content (AvgIpc) is 2.21. The van der Waals surface area contributed by atoms with Gasteiger partial charge in [-0.1, -0.05) is 0 Å². The van der Waals surface area contributed by atoms with Crippen LogP contribution in [0.4, 0.5) is 0 Å². The zero-order valence-electron chi connectivity index (χ0n) is 10.1. The van der Waals surface area contributed by atoms with Crippen molar-refractivity contribution >= 4 is 17.7 Å². The second-order valence-electron chi connectivity index (χ2n) is 4.14. The molecule has 1 heterocycles. The van der Waals surface area contributed by atoms with E-state index in [1.54, 1.807) is 18.9 Å². The molecule has 0 radical (unpaired) electrons. The summed E-state index contributed by atoms with van der Waals surface area (Å²) in [6.45, 7) is 5.60. The first-order valence-corrected chi connectivity index (χ1v) is 6.88. The molecule has 1 unspecified atom stereocenters. The van der Waals surface area contributed by atoms with Crippen molar-refractivity contribution in [3.63, 3.8) is 0 Å². The normalized spacial score (nSPS) is 17.9. The molecular formula is C11H22N2O2S. The maximum Gasteiger partial charge on any atom is 0.232 e. The van der Waals surface area contributed by atoms with Gasteiger partial charge in [0.25, 0.3) is 0 Å². The predicted molar refractivity (Wildman–Crippen MR) is 67.8 cm³/mol. The monoisotopic (exact) mass is 246 g/mol. The minimum Gasteiger partial charge on any atom is -0.385 e. The minimum absolute atomic E-state index is 0.0585.